The van der Waals surface area contributed by atoms with Crippen molar-refractivity contribution in [3.63, 3.8) is 0 Å². The highest BCUT2D eigenvalue weighted by atomic mass is 35.5. The highest BCUT2D eigenvalue weighted by Crippen LogP contribution is 2.33. The summed E-state index contributed by atoms with van der Waals surface area (Å²) >= 11 is 6.30. The van der Waals surface area contributed by atoms with Crippen molar-refractivity contribution in [2.24, 2.45) is 0 Å². The van der Waals surface area contributed by atoms with Gasteiger partial charge in [-0.05, 0) is 29.8 Å². The predicted molar refractivity (Wildman–Crippen MR) is 91.4 cm³/mol. The fourth-order valence-electron chi connectivity index (χ4n) is 2.61. The molecule has 0 saturated carbocycles. The zero-order valence-electron chi connectivity index (χ0n) is 12.2. The zero-order chi connectivity index (χ0) is 14.8. The summed E-state index contributed by atoms with van der Waals surface area (Å²) in [5.41, 5.74) is 4.48. The quantitative estimate of drug-likeness (QED) is 0.743. The van der Waals surface area contributed by atoms with Crippen molar-refractivity contribution in [3.05, 3.63) is 59.2 Å². The number of hydrogen-bond acceptors (Lipinski definition) is 2. The first kappa shape index (κ1) is 13.8. The highest BCUT2D eigenvalue weighted by molar-refractivity contribution is 6.34. The van der Waals surface area contributed by atoms with Crippen LogP contribution in [0.5, 0.6) is 0 Å². The van der Waals surface area contributed by atoms with Crippen LogP contribution in [0.1, 0.15) is 5.56 Å². The van der Waals surface area contributed by atoms with E-state index in [-0.39, 0.29) is 0 Å². The van der Waals surface area contributed by atoms with E-state index >= 15 is 0 Å². The van der Waals surface area contributed by atoms with Gasteiger partial charge in [-0.1, -0.05) is 29.8 Å². The summed E-state index contributed by atoms with van der Waals surface area (Å²) in [5, 5.41) is 5.50. The number of halogens is 1. The lowest BCUT2D eigenvalue weighted by Gasteiger charge is -2.20. The maximum atomic E-state index is 6.30. The maximum Gasteiger partial charge on any atom is 0.0786 e. The summed E-state index contributed by atoms with van der Waals surface area (Å²) in [5.74, 6) is 0. The number of H-pyrrole nitrogens is 1. The minimum Gasteiger partial charge on any atom is -0.379 e. The molecule has 0 aliphatic carbocycles. The van der Waals surface area contributed by atoms with Gasteiger partial charge in [-0.2, -0.15) is 0 Å². The summed E-state index contributed by atoms with van der Waals surface area (Å²) in [7, 11) is 4.00. The molecule has 2 aromatic carbocycles. The molecule has 4 heteroatoms. The second kappa shape index (κ2) is 5.70. The van der Waals surface area contributed by atoms with E-state index in [1.165, 1.54) is 10.9 Å². The Morgan fingerprint density at radius 1 is 1.10 bits per heavy atom. The molecule has 1 heterocycles. The van der Waals surface area contributed by atoms with Gasteiger partial charge in [0.2, 0.25) is 0 Å². The molecular formula is C17H18ClN3. The summed E-state index contributed by atoms with van der Waals surface area (Å²) < 4.78 is 0. The first-order chi connectivity index (χ1) is 10.2. The Labute approximate surface area is 129 Å². The Bertz CT molecular complexity index is 762. The molecule has 3 nitrogen and oxygen atoms in total. The van der Waals surface area contributed by atoms with Crippen LogP contribution < -0.4 is 10.2 Å². The lowest BCUT2D eigenvalue weighted by Crippen LogP contribution is -2.12. The molecule has 1 aromatic heterocycles. The van der Waals surface area contributed by atoms with Crippen molar-refractivity contribution in [2.75, 3.05) is 24.3 Å². The van der Waals surface area contributed by atoms with Gasteiger partial charge in [-0.25, -0.2) is 0 Å². The molecule has 3 aromatic rings. The highest BCUT2D eigenvalue weighted by Gasteiger charge is 2.09. The van der Waals surface area contributed by atoms with E-state index in [1.807, 2.05) is 37.3 Å². The molecule has 0 unspecified atom stereocenters. The van der Waals surface area contributed by atoms with E-state index in [9.17, 15) is 0 Å². The van der Waals surface area contributed by atoms with Gasteiger partial charge in [0, 0.05) is 37.7 Å². The van der Waals surface area contributed by atoms with Crippen molar-refractivity contribution in [1.82, 2.24) is 4.98 Å². The minimum absolute atomic E-state index is 0.754. The molecule has 3 rings (SSSR count). The molecule has 0 spiro atoms. The SMILES string of the molecule is CN(C)c1c(Cl)cccc1NCc1cccc2[nH]ccc12. The van der Waals surface area contributed by atoms with E-state index in [1.54, 1.807) is 0 Å². The Morgan fingerprint density at radius 3 is 2.71 bits per heavy atom. The Morgan fingerprint density at radius 2 is 1.90 bits per heavy atom. The number of fused-ring (bicyclic) bond motifs is 1. The largest absolute Gasteiger partial charge is 0.379 e. The number of para-hydroxylation sites is 1. The topological polar surface area (TPSA) is 31.1 Å². The Balaban J connectivity index is 1.89. The molecular weight excluding hydrogens is 282 g/mol. The number of aromatic amines is 1. The van der Waals surface area contributed by atoms with Crippen LogP contribution in [-0.2, 0) is 6.54 Å². The lowest BCUT2D eigenvalue weighted by molar-refractivity contribution is 1.11. The van der Waals surface area contributed by atoms with E-state index in [0.29, 0.717) is 0 Å². The summed E-state index contributed by atoms with van der Waals surface area (Å²) in [6.45, 7) is 0.760. The molecule has 0 saturated heterocycles. The second-order valence-electron chi connectivity index (χ2n) is 5.24. The molecule has 0 fully saturated rings. The zero-order valence-corrected chi connectivity index (χ0v) is 12.9. The smallest absolute Gasteiger partial charge is 0.0786 e. The molecule has 108 valence electrons. The van der Waals surface area contributed by atoms with Crippen LogP contribution in [0.25, 0.3) is 10.9 Å². The molecule has 0 aliphatic heterocycles. The number of nitrogens with one attached hydrogen (secondary N) is 2. The monoisotopic (exact) mass is 299 g/mol. The molecule has 0 radical (unpaired) electrons. The lowest BCUT2D eigenvalue weighted by atomic mass is 10.1. The fourth-order valence-corrected chi connectivity index (χ4v) is 2.95. The van der Waals surface area contributed by atoms with E-state index in [4.69, 9.17) is 11.6 Å². The van der Waals surface area contributed by atoms with Gasteiger partial charge in [-0.15, -0.1) is 0 Å². The van der Waals surface area contributed by atoms with E-state index in [2.05, 4.69) is 40.6 Å². The first-order valence-corrected chi connectivity index (χ1v) is 7.29. The number of benzene rings is 2. The third-order valence-corrected chi connectivity index (χ3v) is 3.89. The number of anilines is 2. The molecule has 2 N–H and O–H groups in total. The van der Waals surface area contributed by atoms with Gasteiger partial charge in [0.15, 0.2) is 0 Å². The van der Waals surface area contributed by atoms with Gasteiger partial charge in [0.25, 0.3) is 0 Å². The van der Waals surface area contributed by atoms with Gasteiger partial charge in [0.05, 0.1) is 16.4 Å². The van der Waals surface area contributed by atoms with Crippen molar-refractivity contribution in [1.29, 1.82) is 0 Å². The maximum absolute atomic E-state index is 6.30. The Hall–Kier alpha value is -2.13. The molecule has 0 amide bonds. The third kappa shape index (κ3) is 2.69. The fraction of sp³-hybridized carbons (Fsp3) is 0.176. The molecule has 21 heavy (non-hydrogen) atoms. The van der Waals surface area contributed by atoms with Crippen LogP contribution >= 0.6 is 11.6 Å². The van der Waals surface area contributed by atoms with Crippen molar-refractivity contribution >= 4 is 33.9 Å². The second-order valence-corrected chi connectivity index (χ2v) is 5.65. The molecule has 0 atom stereocenters. The molecule has 0 bridgehead atoms. The van der Waals surface area contributed by atoms with Crippen molar-refractivity contribution < 1.29 is 0 Å². The van der Waals surface area contributed by atoms with Crippen molar-refractivity contribution in [3.8, 4) is 0 Å². The summed E-state index contributed by atoms with van der Waals surface area (Å²) in [6.07, 6.45) is 1.97. The first-order valence-electron chi connectivity index (χ1n) is 6.91. The van der Waals surface area contributed by atoms with Gasteiger partial charge < -0.3 is 15.2 Å². The van der Waals surface area contributed by atoms with Crippen LogP contribution in [-0.4, -0.2) is 19.1 Å². The summed E-state index contributed by atoms with van der Waals surface area (Å²) in [4.78, 5) is 5.27. The van der Waals surface area contributed by atoms with E-state index < -0.39 is 0 Å². The van der Waals surface area contributed by atoms with Crippen LogP contribution in [0.15, 0.2) is 48.7 Å². The molecule has 0 aliphatic rings. The standard InChI is InChI=1S/C17H18ClN3/c1-21(2)17-14(18)6-4-8-16(17)20-11-12-5-3-7-15-13(12)9-10-19-15/h3-10,19-20H,11H2,1-2H3. The van der Waals surface area contributed by atoms with E-state index in [0.717, 1.165) is 28.5 Å². The predicted octanol–water partition coefficient (Wildman–Crippen LogP) is 4.50. The number of hydrogen-bond donors (Lipinski definition) is 2. The van der Waals surface area contributed by atoms with Gasteiger partial charge in [-0.3, -0.25) is 0 Å². The minimum atomic E-state index is 0.754. The normalized spacial score (nSPS) is 10.8. The van der Waals surface area contributed by atoms with Crippen molar-refractivity contribution in [2.45, 2.75) is 6.54 Å². The van der Waals surface area contributed by atoms with Crippen LogP contribution in [0.4, 0.5) is 11.4 Å². The van der Waals surface area contributed by atoms with Gasteiger partial charge >= 0.3 is 0 Å². The van der Waals surface area contributed by atoms with Crippen LogP contribution in [0.3, 0.4) is 0 Å². The van der Waals surface area contributed by atoms with Crippen LogP contribution in [0.2, 0.25) is 5.02 Å². The number of rotatable bonds is 4. The number of nitrogens with zero attached hydrogens (tertiary/aromatic N) is 1. The van der Waals surface area contributed by atoms with Crippen LogP contribution in [0, 0.1) is 0 Å². The third-order valence-electron chi connectivity index (χ3n) is 3.59. The average Bonchev–Trinajstić information content (AvgIpc) is 2.93. The van der Waals surface area contributed by atoms with Gasteiger partial charge in [0.1, 0.15) is 0 Å². The Kier molecular flexibility index (Phi) is 3.76. The number of aromatic nitrogens is 1. The average molecular weight is 300 g/mol. The summed E-state index contributed by atoms with van der Waals surface area (Å²) in [6, 6.07) is 14.3.